The molecule has 1 aromatic rings. The zero-order valence-electron chi connectivity index (χ0n) is 11.7. The van der Waals surface area contributed by atoms with E-state index in [9.17, 15) is 9.50 Å². The fourth-order valence-electron chi connectivity index (χ4n) is 2.12. The summed E-state index contributed by atoms with van der Waals surface area (Å²) < 4.78 is 13.9. The predicted octanol–water partition coefficient (Wildman–Crippen LogP) is 3.03. The molecule has 0 aliphatic carbocycles. The first-order valence-corrected chi connectivity index (χ1v) is 6.57. The highest BCUT2D eigenvalue weighted by molar-refractivity contribution is 5.33. The highest BCUT2D eigenvalue weighted by Gasteiger charge is 2.19. The van der Waals surface area contributed by atoms with Crippen LogP contribution < -0.4 is 5.73 Å². The number of rotatable bonds is 5. The van der Waals surface area contributed by atoms with Gasteiger partial charge in [0.15, 0.2) is 0 Å². The third kappa shape index (κ3) is 3.53. The summed E-state index contributed by atoms with van der Waals surface area (Å²) in [5.74, 6) is -0.222. The fourth-order valence-corrected chi connectivity index (χ4v) is 2.12. The molecule has 102 valence electrons. The lowest BCUT2D eigenvalue weighted by Crippen LogP contribution is -2.34. The lowest BCUT2D eigenvalue weighted by atomic mass is 9.90. The Morgan fingerprint density at radius 2 is 1.83 bits per heavy atom. The Morgan fingerprint density at radius 1 is 1.28 bits per heavy atom. The van der Waals surface area contributed by atoms with Gasteiger partial charge in [-0.2, -0.15) is 0 Å². The van der Waals surface area contributed by atoms with Gasteiger partial charge in [-0.25, -0.2) is 4.39 Å². The van der Waals surface area contributed by atoms with Crippen molar-refractivity contribution >= 4 is 0 Å². The van der Waals surface area contributed by atoms with Crippen LogP contribution in [0.1, 0.15) is 49.3 Å². The van der Waals surface area contributed by atoms with Crippen LogP contribution in [0.3, 0.4) is 0 Å². The number of hydrogen-bond acceptors (Lipinski definition) is 2. The van der Waals surface area contributed by atoms with Crippen LogP contribution in [0.25, 0.3) is 0 Å². The van der Waals surface area contributed by atoms with Crippen LogP contribution in [0.2, 0.25) is 0 Å². The predicted molar refractivity (Wildman–Crippen MR) is 73.2 cm³/mol. The highest BCUT2D eigenvalue weighted by atomic mass is 19.1. The van der Waals surface area contributed by atoms with Crippen molar-refractivity contribution in [1.82, 2.24) is 0 Å². The first-order valence-electron chi connectivity index (χ1n) is 6.57. The molecule has 0 bridgehead atoms. The van der Waals surface area contributed by atoms with E-state index in [0.717, 1.165) is 17.5 Å². The smallest absolute Gasteiger partial charge is 0.126 e. The zero-order valence-corrected chi connectivity index (χ0v) is 11.7. The van der Waals surface area contributed by atoms with Crippen molar-refractivity contribution < 1.29 is 9.50 Å². The first kappa shape index (κ1) is 15.1. The Morgan fingerprint density at radius 3 is 2.39 bits per heavy atom. The summed E-state index contributed by atoms with van der Waals surface area (Å²) >= 11 is 0. The van der Waals surface area contributed by atoms with E-state index in [0.29, 0.717) is 12.0 Å². The van der Waals surface area contributed by atoms with Gasteiger partial charge in [-0.15, -0.1) is 0 Å². The van der Waals surface area contributed by atoms with Gasteiger partial charge in [0.1, 0.15) is 5.82 Å². The molecule has 3 heteroatoms. The molecular formula is C15H24FNO. The van der Waals surface area contributed by atoms with E-state index in [4.69, 9.17) is 5.73 Å². The van der Waals surface area contributed by atoms with Gasteiger partial charge >= 0.3 is 0 Å². The van der Waals surface area contributed by atoms with Gasteiger partial charge in [-0.05, 0) is 55.4 Å². The van der Waals surface area contributed by atoms with E-state index in [1.807, 2.05) is 33.8 Å². The van der Waals surface area contributed by atoms with E-state index in [2.05, 4.69) is 0 Å². The second-order valence-corrected chi connectivity index (χ2v) is 5.23. The summed E-state index contributed by atoms with van der Waals surface area (Å²) in [6, 6.07) is 3.20. The minimum absolute atomic E-state index is 0.0306. The van der Waals surface area contributed by atoms with E-state index in [-0.39, 0.29) is 17.8 Å². The average Bonchev–Trinajstić information content (AvgIpc) is 2.32. The Kier molecular flexibility index (Phi) is 5.29. The maximum absolute atomic E-state index is 13.9. The summed E-state index contributed by atoms with van der Waals surface area (Å²) in [4.78, 5) is 0. The molecule has 3 unspecified atom stereocenters. The largest absolute Gasteiger partial charge is 0.391 e. The molecule has 1 rings (SSSR count). The van der Waals surface area contributed by atoms with Crippen LogP contribution in [0.5, 0.6) is 0 Å². The van der Waals surface area contributed by atoms with Gasteiger partial charge in [0.25, 0.3) is 0 Å². The third-order valence-electron chi connectivity index (χ3n) is 3.70. The summed E-state index contributed by atoms with van der Waals surface area (Å²) in [6.07, 6.45) is 0.642. The molecule has 3 N–H and O–H groups in total. The molecule has 2 nitrogen and oxygen atoms in total. The molecule has 0 heterocycles. The van der Waals surface area contributed by atoms with Crippen LogP contribution in [0.4, 0.5) is 4.39 Å². The van der Waals surface area contributed by atoms with Crippen molar-refractivity contribution in [2.45, 2.75) is 58.6 Å². The average molecular weight is 253 g/mol. The standard InChI is InChI=1S/C15H24FNO/c1-5-14(17)15(18)8-11(4)12-6-9(2)10(3)7-13(12)16/h6-7,11,14-15,18H,5,8,17H2,1-4H3. The van der Waals surface area contributed by atoms with Gasteiger partial charge in [0.05, 0.1) is 6.10 Å². The van der Waals surface area contributed by atoms with Crippen molar-refractivity contribution in [3.8, 4) is 0 Å². The molecule has 0 aliphatic heterocycles. The van der Waals surface area contributed by atoms with Gasteiger partial charge in [0.2, 0.25) is 0 Å². The molecule has 3 atom stereocenters. The summed E-state index contributed by atoms with van der Waals surface area (Å²) in [5.41, 5.74) is 8.49. The van der Waals surface area contributed by atoms with E-state index < -0.39 is 6.10 Å². The van der Waals surface area contributed by atoms with E-state index >= 15 is 0 Å². The molecule has 0 fully saturated rings. The maximum Gasteiger partial charge on any atom is 0.126 e. The molecule has 0 saturated carbocycles. The second kappa shape index (κ2) is 6.30. The minimum atomic E-state index is -0.578. The highest BCUT2D eigenvalue weighted by Crippen LogP contribution is 2.26. The monoisotopic (exact) mass is 253 g/mol. The number of aliphatic hydroxyl groups excluding tert-OH is 1. The van der Waals surface area contributed by atoms with Crippen molar-refractivity contribution in [3.05, 3.63) is 34.6 Å². The Hall–Kier alpha value is -0.930. The summed E-state index contributed by atoms with van der Waals surface area (Å²) in [7, 11) is 0. The quantitative estimate of drug-likeness (QED) is 0.847. The molecule has 0 aliphatic rings. The topological polar surface area (TPSA) is 46.2 Å². The molecule has 1 aromatic carbocycles. The SMILES string of the molecule is CCC(N)C(O)CC(C)c1cc(C)c(C)cc1F. The maximum atomic E-state index is 13.9. The Labute approximate surface area is 109 Å². The number of aryl methyl sites for hydroxylation is 2. The van der Waals surface area contributed by atoms with Crippen LogP contribution in [-0.4, -0.2) is 17.3 Å². The molecule has 0 spiro atoms. The molecule has 0 saturated heterocycles. The zero-order chi connectivity index (χ0) is 13.9. The van der Waals surface area contributed by atoms with Gasteiger partial charge in [-0.3, -0.25) is 0 Å². The summed E-state index contributed by atoms with van der Waals surface area (Å²) in [6.45, 7) is 7.74. The lowest BCUT2D eigenvalue weighted by Gasteiger charge is -2.22. The molecule has 0 radical (unpaired) electrons. The Balaban J connectivity index is 2.84. The normalized spacial score (nSPS) is 16.4. The minimum Gasteiger partial charge on any atom is -0.391 e. The van der Waals surface area contributed by atoms with Crippen molar-refractivity contribution in [2.75, 3.05) is 0 Å². The van der Waals surface area contributed by atoms with Crippen molar-refractivity contribution in [1.29, 1.82) is 0 Å². The fraction of sp³-hybridized carbons (Fsp3) is 0.600. The van der Waals surface area contributed by atoms with Crippen molar-refractivity contribution in [2.24, 2.45) is 5.73 Å². The number of halogens is 1. The lowest BCUT2D eigenvalue weighted by molar-refractivity contribution is 0.126. The summed E-state index contributed by atoms with van der Waals surface area (Å²) in [5, 5.41) is 9.92. The van der Waals surface area contributed by atoms with Crippen LogP contribution in [0, 0.1) is 19.7 Å². The van der Waals surface area contributed by atoms with Crippen LogP contribution in [0.15, 0.2) is 12.1 Å². The first-order chi connectivity index (χ1) is 8.36. The molecular weight excluding hydrogens is 229 g/mol. The van der Waals surface area contributed by atoms with Gasteiger partial charge < -0.3 is 10.8 Å². The van der Waals surface area contributed by atoms with Gasteiger partial charge in [-0.1, -0.05) is 19.9 Å². The van der Waals surface area contributed by atoms with E-state index in [1.165, 1.54) is 0 Å². The number of benzene rings is 1. The third-order valence-corrected chi connectivity index (χ3v) is 3.70. The van der Waals surface area contributed by atoms with Crippen LogP contribution in [-0.2, 0) is 0 Å². The van der Waals surface area contributed by atoms with Gasteiger partial charge in [0, 0.05) is 6.04 Å². The molecule has 18 heavy (non-hydrogen) atoms. The van der Waals surface area contributed by atoms with Crippen LogP contribution >= 0.6 is 0 Å². The number of hydrogen-bond donors (Lipinski definition) is 2. The Bertz CT molecular complexity index is 406. The number of nitrogens with two attached hydrogens (primary N) is 1. The second-order valence-electron chi connectivity index (χ2n) is 5.23. The molecule has 0 aromatic heterocycles. The molecule has 0 amide bonds. The van der Waals surface area contributed by atoms with Crippen molar-refractivity contribution in [3.63, 3.8) is 0 Å². The van der Waals surface area contributed by atoms with E-state index in [1.54, 1.807) is 6.07 Å². The number of aliphatic hydroxyl groups is 1.